The molecule has 0 bridgehead atoms. The lowest BCUT2D eigenvalue weighted by atomic mass is 10.1. The van der Waals surface area contributed by atoms with Crippen LogP contribution in [-0.4, -0.2) is 22.3 Å². The maximum Gasteiger partial charge on any atom is 0.328 e. The smallest absolute Gasteiger partial charge is 0.328 e. The van der Waals surface area contributed by atoms with Crippen molar-refractivity contribution in [1.29, 1.82) is 0 Å². The lowest BCUT2D eigenvalue weighted by molar-refractivity contribution is -0.131. The third-order valence-electron chi connectivity index (χ3n) is 3.09. The van der Waals surface area contributed by atoms with Crippen molar-refractivity contribution in [2.75, 3.05) is 0 Å². The number of aliphatic hydroxyl groups is 1. The van der Waals surface area contributed by atoms with Crippen LogP contribution in [0, 0.1) is 0 Å². The maximum absolute atomic E-state index is 10.2. The van der Waals surface area contributed by atoms with Gasteiger partial charge in [-0.3, -0.25) is 0 Å². The highest BCUT2D eigenvalue weighted by Gasteiger charge is 1.99. The van der Waals surface area contributed by atoms with Crippen molar-refractivity contribution in [3.8, 4) is 0 Å². The van der Waals surface area contributed by atoms with E-state index in [4.69, 9.17) is 5.11 Å². The maximum atomic E-state index is 10.2. The van der Waals surface area contributed by atoms with Gasteiger partial charge in [0.2, 0.25) is 0 Å². The molecule has 0 aromatic rings. The van der Waals surface area contributed by atoms with Gasteiger partial charge in [-0.25, -0.2) is 4.79 Å². The Morgan fingerprint density at radius 2 is 1.65 bits per heavy atom. The molecule has 0 aliphatic rings. The number of allylic oxidation sites excluding steroid dienone is 5. The van der Waals surface area contributed by atoms with Crippen molar-refractivity contribution in [2.24, 2.45) is 0 Å². The monoisotopic (exact) mass is 280 g/mol. The van der Waals surface area contributed by atoms with Crippen LogP contribution in [0.1, 0.15) is 58.3 Å². The molecular formula is C17H28O3. The predicted molar refractivity (Wildman–Crippen MR) is 83.7 cm³/mol. The summed E-state index contributed by atoms with van der Waals surface area (Å²) in [5.41, 5.74) is 0. The van der Waals surface area contributed by atoms with E-state index in [0.717, 1.165) is 31.8 Å². The van der Waals surface area contributed by atoms with E-state index in [9.17, 15) is 9.90 Å². The van der Waals surface area contributed by atoms with Gasteiger partial charge in [-0.1, -0.05) is 63.0 Å². The zero-order chi connectivity index (χ0) is 15.1. The van der Waals surface area contributed by atoms with Crippen molar-refractivity contribution < 1.29 is 15.0 Å². The Hall–Kier alpha value is -1.35. The van der Waals surface area contributed by atoms with Crippen LogP contribution in [0.15, 0.2) is 36.5 Å². The first-order chi connectivity index (χ1) is 9.66. The van der Waals surface area contributed by atoms with Gasteiger partial charge in [0, 0.05) is 6.08 Å². The third kappa shape index (κ3) is 14.7. The summed E-state index contributed by atoms with van der Waals surface area (Å²) in [6.45, 7) is 2.02. The number of hydrogen-bond acceptors (Lipinski definition) is 2. The van der Waals surface area contributed by atoms with Crippen LogP contribution in [0.25, 0.3) is 0 Å². The minimum absolute atomic E-state index is 0.111. The quantitative estimate of drug-likeness (QED) is 0.319. The molecule has 0 saturated heterocycles. The summed E-state index contributed by atoms with van der Waals surface area (Å²) in [6.07, 6.45) is 19.0. The molecule has 0 aliphatic heterocycles. The van der Waals surface area contributed by atoms with Gasteiger partial charge in [0.15, 0.2) is 0 Å². The number of rotatable bonds is 12. The Labute approximate surface area is 122 Å². The molecule has 0 aromatic heterocycles. The number of aliphatic carboxylic acids is 1. The zero-order valence-corrected chi connectivity index (χ0v) is 12.5. The molecule has 0 fully saturated rings. The molecule has 0 spiro atoms. The van der Waals surface area contributed by atoms with Crippen molar-refractivity contribution in [3.05, 3.63) is 36.5 Å². The minimum atomic E-state index is -0.926. The molecule has 0 aromatic carbocycles. The molecule has 2 N–H and O–H groups in total. The predicted octanol–water partition coefficient (Wildman–Crippen LogP) is 4.24. The SMILES string of the molecule is CCC(O)CCCCCCCC=CC=CC=CC(=O)O. The Kier molecular flexibility index (Phi) is 13.1. The van der Waals surface area contributed by atoms with Crippen LogP contribution in [0.5, 0.6) is 0 Å². The molecule has 0 radical (unpaired) electrons. The van der Waals surface area contributed by atoms with Crippen LogP contribution in [0.4, 0.5) is 0 Å². The van der Waals surface area contributed by atoms with E-state index in [0.29, 0.717) is 0 Å². The number of carboxylic acids is 1. The molecule has 114 valence electrons. The second-order valence-electron chi connectivity index (χ2n) is 4.92. The molecule has 3 heteroatoms. The van der Waals surface area contributed by atoms with Crippen molar-refractivity contribution in [2.45, 2.75) is 64.4 Å². The minimum Gasteiger partial charge on any atom is -0.478 e. The molecule has 0 saturated carbocycles. The van der Waals surface area contributed by atoms with Gasteiger partial charge in [0.1, 0.15) is 0 Å². The first kappa shape index (κ1) is 18.7. The molecule has 0 aliphatic carbocycles. The Balaban J connectivity index is 3.33. The fourth-order valence-electron chi connectivity index (χ4n) is 1.82. The fraction of sp³-hybridized carbons (Fsp3) is 0.588. The van der Waals surface area contributed by atoms with E-state index in [1.54, 1.807) is 6.08 Å². The number of carbonyl (C=O) groups is 1. The number of hydrogen-bond donors (Lipinski definition) is 2. The zero-order valence-electron chi connectivity index (χ0n) is 12.5. The molecule has 1 unspecified atom stereocenters. The third-order valence-corrected chi connectivity index (χ3v) is 3.09. The molecule has 1 atom stereocenters. The van der Waals surface area contributed by atoms with Crippen molar-refractivity contribution in [3.63, 3.8) is 0 Å². The second-order valence-corrected chi connectivity index (χ2v) is 4.92. The van der Waals surface area contributed by atoms with E-state index in [1.807, 2.05) is 19.1 Å². The first-order valence-corrected chi connectivity index (χ1v) is 7.57. The van der Waals surface area contributed by atoms with E-state index >= 15 is 0 Å². The van der Waals surface area contributed by atoms with Gasteiger partial charge in [-0.05, 0) is 25.7 Å². The molecule has 0 heterocycles. The normalized spacial score (nSPS) is 13.7. The topological polar surface area (TPSA) is 57.5 Å². The average Bonchev–Trinajstić information content (AvgIpc) is 2.43. The summed E-state index contributed by atoms with van der Waals surface area (Å²) in [6, 6.07) is 0. The van der Waals surface area contributed by atoms with Crippen LogP contribution in [0.3, 0.4) is 0 Å². The number of aliphatic hydroxyl groups excluding tert-OH is 1. The number of carboxylic acid groups (broad SMARTS) is 1. The van der Waals surface area contributed by atoms with Crippen LogP contribution in [-0.2, 0) is 4.79 Å². The van der Waals surface area contributed by atoms with E-state index < -0.39 is 5.97 Å². The van der Waals surface area contributed by atoms with Crippen LogP contribution >= 0.6 is 0 Å². The summed E-state index contributed by atoms with van der Waals surface area (Å²) in [5, 5.41) is 17.8. The Bertz CT molecular complexity index is 316. The van der Waals surface area contributed by atoms with Gasteiger partial charge in [-0.2, -0.15) is 0 Å². The van der Waals surface area contributed by atoms with E-state index in [-0.39, 0.29) is 6.10 Å². The van der Waals surface area contributed by atoms with Crippen LogP contribution < -0.4 is 0 Å². The van der Waals surface area contributed by atoms with E-state index in [2.05, 4.69) is 6.08 Å². The summed E-state index contributed by atoms with van der Waals surface area (Å²) in [4.78, 5) is 10.2. The molecular weight excluding hydrogens is 252 g/mol. The Morgan fingerprint density at radius 3 is 2.35 bits per heavy atom. The average molecular weight is 280 g/mol. The summed E-state index contributed by atoms with van der Waals surface area (Å²) < 4.78 is 0. The molecule has 20 heavy (non-hydrogen) atoms. The lowest BCUT2D eigenvalue weighted by Crippen LogP contribution is -2.03. The van der Waals surface area contributed by atoms with Crippen molar-refractivity contribution >= 4 is 5.97 Å². The van der Waals surface area contributed by atoms with Gasteiger partial charge in [-0.15, -0.1) is 0 Å². The van der Waals surface area contributed by atoms with Crippen LogP contribution in [0.2, 0.25) is 0 Å². The Morgan fingerprint density at radius 1 is 1.00 bits per heavy atom. The van der Waals surface area contributed by atoms with Gasteiger partial charge < -0.3 is 10.2 Å². The highest BCUT2D eigenvalue weighted by molar-refractivity contribution is 5.80. The largest absolute Gasteiger partial charge is 0.478 e. The number of unbranched alkanes of at least 4 members (excludes halogenated alkanes) is 5. The van der Waals surface area contributed by atoms with E-state index in [1.165, 1.54) is 31.8 Å². The van der Waals surface area contributed by atoms with Gasteiger partial charge in [0.05, 0.1) is 6.10 Å². The van der Waals surface area contributed by atoms with Gasteiger partial charge >= 0.3 is 5.97 Å². The van der Waals surface area contributed by atoms with Crippen molar-refractivity contribution in [1.82, 2.24) is 0 Å². The lowest BCUT2D eigenvalue weighted by Gasteiger charge is -2.06. The van der Waals surface area contributed by atoms with Gasteiger partial charge in [0.25, 0.3) is 0 Å². The second kappa shape index (κ2) is 14.1. The highest BCUT2D eigenvalue weighted by atomic mass is 16.4. The standard InChI is InChI=1S/C17H28O3/c1-2-16(18)14-12-10-8-6-4-3-5-7-9-11-13-15-17(19)20/h5,7,9,11,13,15-16,18H,2-4,6,8,10,12,14H2,1H3,(H,19,20). The molecule has 0 amide bonds. The molecule has 0 rings (SSSR count). The summed E-state index contributed by atoms with van der Waals surface area (Å²) in [5.74, 6) is -0.926. The summed E-state index contributed by atoms with van der Waals surface area (Å²) in [7, 11) is 0. The summed E-state index contributed by atoms with van der Waals surface area (Å²) >= 11 is 0. The molecule has 3 nitrogen and oxygen atoms in total. The highest BCUT2D eigenvalue weighted by Crippen LogP contribution is 2.10. The fourth-order valence-corrected chi connectivity index (χ4v) is 1.82. The first-order valence-electron chi connectivity index (χ1n) is 7.57.